The van der Waals surface area contributed by atoms with Crippen LogP contribution in [0.4, 0.5) is 8.78 Å². The molecule has 0 aliphatic carbocycles. The van der Waals surface area contributed by atoms with Gasteiger partial charge in [-0.2, -0.15) is 12.7 Å². The molecule has 184 valence electrons. The van der Waals surface area contributed by atoms with Crippen LogP contribution in [0.3, 0.4) is 0 Å². The monoisotopic (exact) mass is 492 g/mol. The fourth-order valence-electron chi connectivity index (χ4n) is 3.60. The SMILES string of the molecule is CN(C)S(=O)(=O)n1cc(CC(C)(C)C)nc1C(C)(O)Cc1ccc(-c2ccc(F)cn2)cc1F. The van der Waals surface area contributed by atoms with Gasteiger partial charge in [0.05, 0.1) is 17.6 Å². The Morgan fingerprint density at radius 3 is 2.26 bits per heavy atom. The number of aliphatic hydroxyl groups is 1. The van der Waals surface area contributed by atoms with Crippen LogP contribution in [0.25, 0.3) is 11.3 Å². The number of halogens is 2. The van der Waals surface area contributed by atoms with Crippen LogP contribution in [0.15, 0.2) is 42.7 Å². The third-order valence-electron chi connectivity index (χ3n) is 5.24. The molecule has 0 bridgehead atoms. The molecule has 0 saturated carbocycles. The van der Waals surface area contributed by atoms with Crippen molar-refractivity contribution in [3.8, 4) is 11.3 Å². The summed E-state index contributed by atoms with van der Waals surface area (Å²) in [7, 11) is -1.20. The van der Waals surface area contributed by atoms with E-state index in [4.69, 9.17) is 0 Å². The Hall–Kier alpha value is -2.69. The summed E-state index contributed by atoms with van der Waals surface area (Å²) in [6.07, 6.45) is 2.72. The summed E-state index contributed by atoms with van der Waals surface area (Å²) in [6, 6.07) is 7.04. The molecular formula is C24H30F2N4O3S. The van der Waals surface area contributed by atoms with Gasteiger partial charge in [0.2, 0.25) is 0 Å². The summed E-state index contributed by atoms with van der Waals surface area (Å²) in [5, 5.41) is 11.3. The molecule has 1 N–H and O–H groups in total. The lowest BCUT2D eigenvalue weighted by Gasteiger charge is -2.25. The molecule has 0 saturated heterocycles. The third kappa shape index (κ3) is 5.68. The van der Waals surface area contributed by atoms with Gasteiger partial charge in [-0.15, -0.1) is 0 Å². The second-order valence-electron chi connectivity index (χ2n) is 10.00. The molecule has 0 fully saturated rings. The van der Waals surface area contributed by atoms with Gasteiger partial charge in [0, 0.05) is 32.3 Å². The molecule has 10 heteroatoms. The Morgan fingerprint density at radius 2 is 1.74 bits per heavy atom. The zero-order valence-corrected chi connectivity index (χ0v) is 21.0. The largest absolute Gasteiger partial charge is 0.382 e. The number of nitrogens with zero attached hydrogens (tertiary/aromatic N) is 4. The van der Waals surface area contributed by atoms with Crippen LogP contribution >= 0.6 is 0 Å². The molecule has 0 aliphatic heterocycles. The lowest BCUT2D eigenvalue weighted by atomic mass is 9.91. The summed E-state index contributed by atoms with van der Waals surface area (Å²) >= 11 is 0. The number of hydrogen-bond donors (Lipinski definition) is 1. The highest BCUT2D eigenvalue weighted by molar-refractivity contribution is 7.87. The summed E-state index contributed by atoms with van der Waals surface area (Å²) in [4.78, 5) is 8.41. The van der Waals surface area contributed by atoms with Crippen LogP contribution in [-0.4, -0.2) is 45.9 Å². The van der Waals surface area contributed by atoms with E-state index in [1.54, 1.807) is 6.07 Å². The number of rotatable bonds is 7. The lowest BCUT2D eigenvalue weighted by Crippen LogP contribution is -2.36. The van der Waals surface area contributed by atoms with Crippen LogP contribution in [0.2, 0.25) is 0 Å². The molecule has 34 heavy (non-hydrogen) atoms. The van der Waals surface area contributed by atoms with Crippen LogP contribution in [0.5, 0.6) is 0 Å². The van der Waals surface area contributed by atoms with E-state index in [9.17, 15) is 22.3 Å². The molecule has 0 amide bonds. The van der Waals surface area contributed by atoms with E-state index < -0.39 is 27.4 Å². The van der Waals surface area contributed by atoms with Gasteiger partial charge >= 0.3 is 10.2 Å². The average molecular weight is 493 g/mol. The zero-order valence-electron chi connectivity index (χ0n) is 20.2. The maximum absolute atomic E-state index is 15.0. The topological polar surface area (TPSA) is 88.3 Å². The van der Waals surface area contributed by atoms with Gasteiger partial charge in [0.25, 0.3) is 0 Å². The van der Waals surface area contributed by atoms with Gasteiger partial charge in [0.1, 0.15) is 17.2 Å². The lowest BCUT2D eigenvalue weighted by molar-refractivity contribution is 0.0464. The summed E-state index contributed by atoms with van der Waals surface area (Å²) in [5.74, 6) is -1.19. The molecule has 1 atom stereocenters. The first kappa shape index (κ1) is 25.9. The number of hydrogen-bond acceptors (Lipinski definition) is 5. The summed E-state index contributed by atoms with van der Waals surface area (Å²) < 4.78 is 56.0. The van der Waals surface area contributed by atoms with E-state index in [1.165, 1.54) is 51.5 Å². The number of pyridine rings is 1. The van der Waals surface area contributed by atoms with Gasteiger partial charge in [-0.05, 0) is 42.5 Å². The predicted molar refractivity (Wildman–Crippen MR) is 126 cm³/mol. The molecule has 0 radical (unpaired) electrons. The molecule has 1 aromatic carbocycles. The van der Waals surface area contributed by atoms with Crippen molar-refractivity contribution in [3.05, 3.63) is 71.4 Å². The Bertz CT molecular complexity index is 1280. The van der Waals surface area contributed by atoms with Gasteiger partial charge < -0.3 is 5.11 Å². The van der Waals surface area contributed by atoms with E-state index in [1.807, 2.05) is 20.8 Å². The van der Waals surface area contributed by atoms with Crippen molar-refractivity contribution >= 4 is 10.2 Å². The average Bonchev–Trinajstić information content (AvgIpc) is 3.14. The van der Waals surface area contributed by atoms with Gasteiger partial charge in [-0.1, -0.05) is 32.9 Å². The van der Waals surface area contributed by atoms with Crippen LogP contribution < -0.4 is 0 Å². The molecular weight excluding hydrogens is 462 g/mol. The van der Waals surface area contributed by atoms with Crippen LogP contribution in [-0.2, 0) is 28.7 Å². The van der Waals surface area contributed by atoms with E-state index in [0.717, 1.165) is 14.5 Å². The van der Waals surface area contributed by atoms with Crippen molar-refractivity contribution in [2.24, 2.45) is 5.41 Å². The normalized spacial score (nSPS) is 14.4. The van der Waals surface area contributed by atoms with E-state index >= 15 is 0 Å². The Labute approximate surface area is 199 Å². The maximum Gasteiger partial charge on any atom is 0.308 e. The number of aromatic nitrogens is 3. The van der Waals surface area contributed by atoms with Crippen molar-refractivity contribution in [2.45, 2.75) is 46.1 Å². The Morgan fingerprint density at radius 1 is 1.06 bits per heavy atom. The van der Waals surface area contributed by atoms with Gasteiger partial charge in [0.15, 0.2) is 5.82 Å². The Kier molecular flexibility index (Phi) is 6.99. The minimum Gasteiger partial charge on any atom is -0.382 e. The van der Waals surface area contributed by atoms with Crippen molar-refractivity contribution in [1.82, 2.24) is 18.2 Å². The van der Waals surface area contributed by atoms with Crippen molar-refractivity contribution < 1.29 is 22.3 Å². The highest BCUT2D eigenvalue weighted by Gasteiger charge is 2.35. The maximum atomic E-state index is 15.0. The van der Waals surface area contributed by atoms with Gasteiger partial charge in [-0.25, -0.2) is 17.7 Å². The number of imidazole rings is 1. The molecule has 1 unspecified atom stereocenters. The highest BCUT2D eigenvalue weighted by Crippen LogP contribution is 2.31. The molecule has 0 spiro atoms. The van der Waals surface area contributed by atoms with E-state index in [2.05, 4.69) is 9.97 Å². The minimum absolute atomic E-state index is 0.0934. The third-order valence-corrected chi connectivity index (χ3v) is 6.94. The highest BCUT2D eigenvalue weighted by atomic mass is 32.2. The quantitative estimate of drug-likeness (QED) is 0.540. The second-order valence-corrected chi connectivity index (χ2v) is 12.0. The minimum atomic E-state index is -3.98. The zero-order chi connectivity index (χ0) is 25.5. The summed E-state index contributed by atoms with van der Waals surface area (Å²) in [5.41, 5.74) is -0.435. The molecule has 2 aromatic heterocycles. The van der Waals surface area contributed by atoms with Crippen LogP contribution in [0, 0.1) is 17.0 Å². The molecule has 7 nitrogen and oxygen atoms in total. The van der Waals surface area contributed by atoms with Crippen molar-refractivity contribution in [3.63, 3.8) is 0 Å². The first-order valence-electron chi connectivity index (χ1n) is 10.7. The summed E-state index contributed by atoms with van der Waals surface area (Å²) in [6.45, 7) is 7.40. The predicted octanol–water partition coefficient (Wildman–Crippen LogP) is 3.92. The second kappa shape index (κ2) is 9.16. The smallest absolute Gasteiger partial charge is 0.308 e. The molecule has 2 heterocycles. The molecule has 3 aromatic rings. The fourth-order valence-corrected chi connectivity index (χ4v) is 4.66. The fraction of sp³-hybridized carbons (Fsp3) is 0.417. The molecule has 0 aliphatic rings. The standard InChI is InChI=1S/C24H30F2N4O3S/c1-23(2,3)13-19-15-30(34(32,33)29(5)6)22(28-19)24(4,31)12-17-8-7-16(11-20(17)26)21-10-9-18(25)14-27-21/h7-11,14-15,31H,12-13H2,1-6H3. The van der Waals surface area contributed by atoms with Gasteiger partial charge in [-0.3, -0.25) is 4.98 Å². The Balaban J connectivity index is 2.00. The van der Waals surface area contributed by atoms with E-state index in [0.29, 0.717) is 23.4 Å². The first-order chi connectivity index (χ1) is 15.6. The number of benzene rings is 1. The van der Waals surface area contributed by atoms with Crippen molar-refractivity contribution in [1.29, 1.82) is 0 Å². The van der Waals surface area contributed by atoms with E-state index in [-0.39, 0.29) is 23.2 Å². The molecule has 3 rings (SSSR count). The van der Waals surface area contributed by atoms with Crippen LogP contribution in [0.1, 0.15) is 44.8 Å². The van der Waals surface area contributed by atoms with Crippen molar-refractivity contribution in [2.75, 3.05) is 14.1 Å². The first-order valence-corrected chi connectivity index (χ1v) is 12.1.